The molecule has 1 N–H and O–H groups in total. The van der Waals surface area contributed by atoms with Crippen molar-refractivity contribution >= 4 is 0 Å². The molecule has 2 atom stereocenters. The van der Waals surface area contributed by atoms with E-state index in [9.17, 15) is 4.39 Å². The molecule has 2 aromatic rings. The van der Waals surface area contributed by atoms with Crippen molar-refractivity contribution in [2.24, 2.45) is 7.05 Å². The summed E-state index contributed by atoms with van der Waals surface area (Å²) in [4.78, 5) is 0. The zero-order valence-corrected chi connectivity index (χ0v) is 13.4. The number of aryl methyl sites for hydroxylation is 2. The predicted molar refractivity (Wildman–Crippen MR) is 83.8 cm³/mol. The Morgan fingerprint density at radius 2 is 1.81 bits per heavy atom. The first-order chi connectivity index (χ1) is 9.88. The van der Waals surface area contributed by atoms with Crippen molar-refractivity contribution in [3.8, 4) is 0 Å². The molecule has 0 aliphatic carbocycles. The predicted octanol–water partition coefficient (Wildman–Crippen LogP) is 3.46. The number of nitrogens with zero attached hydrogens (tertiary/aromatic N) is 2. The molecule has 2 rings (SSSR count). The van der Waals surface area contributed by atoms with E-state index in [1.807, 2.05) is 30.8 Å². The van der Waals surface area contributed by atoms with Crippen LogP contribution in [0.3, 0.4) is 0 Å². The van der Waals surface area contributed by atoms with Crippen LogP contribution >= 0.6 is 0 Å². The smallest absolute Gasteiger partial charge is 0.123 e. The monoisotopic (exact) mass is 289 g/mol. The van der Waals surface area contributed by atoms with Crippen LogP contribution in [-0.4, -0.2) is 15.8 Å². The number of hydrogen-bond acceptors (Lipinski definition) is 2. The zero-order chi connectivity index (χ0) is 15.6. The molecule has 0 bridgehead atoms. The van der Waals surface area contributed by atoms with E-state index >= 15 is 0 Å². The summed E-state index contributed by atoms with van der Waals surface area (Å²) in [5.41, 5.74) is 4.68. The van der Waals surface area contributed by atoms with E-state index in [1.54, 1.807) is 0 Å². The van der Waals surface area contributed by atoms with E-state index in [0.29, 0.717) is 6.04 Å². The largest absolute Gasteiger partial charge is 0.307 e. The Labute approximate surface area is 126 Å². The van der Waals surface area contributed by atoms with E-state index in [-0.39, 0.29) is 11.9 Å². The van der Waals surface area contributed by atoms with Gasteiger partial charge in [0.05, 0.1) is 5.69 Å². The fourth-order valence-corrected chi connectivity index (χ4v) is 2.96. The molecule has 0 amide bonds. The number of aromatic nitrogens is 2. The summed E-state index contributed by atoms with van der Waals surface area (Å²) in [6, 6.07) is 7.28. The third kappa shape index (κ3) is 3.70. The molecule has 114 valence electrons. The fraction of sp³-hybridized carbons (Fsp3) is 0.471. The molecular formula is C17H24FN3. The first kappa shape index (κ1) is 15.7. The maximum atomic E-state index is 12.9. The van der Waals surface area contributed by atoms with Gasteiger partial charge in [0.1, 0.15) is 5.82 Å². The highest BCUT2D eigenvalue weighted by Gasteiger charge is 2.17. The van der Waals surface area contributed by atoms with Crippen molar-refractivity contribution in [3.63, 3.8) is 0 Å². The number of benzene rings is 1. The Morgan fingerprint density at radius 3 is 2.33 bits per heavy atom. The third-order valence-corrected chi connectivity index (χ3v) is 3.99. The van der Waals surface area contributed by atoms with E-state index in [0.717, 1.165) is 17.7 Å². The fourth-order valence-electron chi connectivity index (χ4n) is 2.96. The molecule has 0 radical (unpaired) electrons. The molecule has 0 spiro atoms. The van der Waals surface area contributed by atoms with Crippen LogP contribution in [0.25, 0.3) is 0 Å². The van der Waals surface area contributed by atoms with Gasteiger partial charge in [0.2, 0.25) is 0 Å². The van der Waals surface area contributed by atoms with Gasteiger partial charge < -0.3 is 5.32 Å². The van der Waals surface area contributed by atoms with Gasteiger partial charge in [-0.1, -0.05) is 12.1 Å². The number of halogens is 1. The van der Waals surface area contributed by atoms with Gasteiger partial charge in [0.25, 0.3) is 0 Å². The quantitative estimate of drug-likeness (QED) is 0.913. The first-order valence-electron chi connectivity index (χ1n) is 7.39. The topological polar surface area (TPSA) is 29.9 Å². The second-order valence-electron chi connectivity index (χ2n) is 5.83. The van der Waals surface area contributed by atoms with Gasteiger partial charge >= 0.3 is 0 Å². The Kier molecular flexibility index (Phi) is 4.78. The Balaban J connectivity index is 2.01. The summed E-state index contributed by atoms with van der Waals surface area (Å²) in [5, 5.41) is 8.07. The van der Waals surface area contributed by atoms with Crippen LogP contribution in [0.2, 0.25) is 0 Å². The van der Waals surface area contributed by atoms with Gasteiger partial charge in [0.15, 0.2) is 0 Å². The first-order valence-corrected chi connectivity index (χ1v) is 7.39. The summed E-state index contributed by atoms with van der Waals surface area (Å²) >= 11 is 0. The van der Waals surface area contributed by atoms with E-state index in [2.05, 4.69) is 31.2 Å². The summed E-state index contributed by atoms with van der Waals surface area (Å²) in [7, 11) is 1.97. The normalized spacial score (nSPS) is 14.2. The second kappa shape index (κ2) is 6.39. The maximum absolute atomic E-state index is 12.9. The van der Waals surface area contributed by atoms with Crippen LogP contribution in [0.1, 0.15) is 42.4 Å². The van der Waals surface area contributed by atoms with Crippen molar-refractivity contribution in [1.82, 2.24) is 15.1 Å². The van der Waals surface area contributed by atoms with Crippen LogP contribution in [0.4, 0.5) is 4.39 Å². The molecule has 0 fully saturated rings. The molecule has 4 heteroatoms. The standard InChI is InChI=1S/C17H24FN3/c1-11(10-15-6-8-16(18)9-7-15)19-12(2)17-13(3)20-21(5)14(17)4/h6-9,11-12,19H,10H2,1-5H3. The van der Waals surface area contributed by atoms with Crippen molar-refractivity contribution in [3.05, 3.63) is 52.6 Å². The molecule has 0 saturated carbocycles. The van der Waals surface area contributed by atoms with Gasteiger partial charge in [-0.2, -0.15) is 5.10 Å². The lowest BCUT2D eigenvalue weighted by atomic mass is 10.0. The highest BCUT2D eigenvalue weighted by Crippen LogP contribution is 2.21. The summed E-state index contributed by atoms with van der Waals surface area (Å²) < 4.78 is 14.8. The average molecular weight is 289 g/mol. The van der Waals surface area contributed by atoms with E-state index in [1.165, 1.54) is 23.4 Å². The van der Waals surface area contributed by atoms with Crippen LogP contribution in [0.5, 0.6) is 0 Å². The van der Waals surface area contributed by atoms with Crippen molar-refractivity contribution < 1.29 is 4.39 Å². The Morgan fingerprint density at radius 1 is 1.19 bits per heavy atom. The highest BCUT2D eigenvalue weighted by atomic mass is 19.1. The lowest BCUT2D eigenvalue weighted by molar-refractivity contribution is 0.474. The molecule has 1 aromatic carbocycles. The van der Waals surface area contributed by atoms with Gasteiger partial charge in [0, 0.05) is 30.4 Å². The summed E-state index contributed by atoms with van der Waals surface area (Å²) in [5.74, 6) is -0.186. The molecule has 3 nitrogen and oxygen atoms in total. The molecule has 1 aromatic heterocycles. The van der Waals surface area contributed by atoms with Gasteiger partial charge in [-0.05, 0) is 51.8 Å². The summed E-state index contributed by atoms with van der Waals surface area (Å²) in [6.45, 7) is 8.46. The molecule has 1 heterocycles. The van der Waals surface area contributed by atoms with Crippen molar-refractivity contribution in [2.45, 2.75) is 46.2 Å². The number of hydrogen-bond donors (Lipinski definition) is 1. The van der Waals surface area contributed by atoms with Crippen LogP contribution < -0.4 is 5.32 Å². The molecule has 21 heavy (non-hydrogen) atoms. The molecule has 2 unspecified atom stereocenters. The van der Waals surface area contributed by atoms with Crippen molar-refractivity contribution in [2.75, 3.05) is 0 Å². The number of rotatable bonds is 5. The minimum Gasteiger partial charge on any atom is -0.307 e. The second-order valence-corrected chi connectivity index (χ2v) is 5.83. The zero-order valence-electron chi connectivity index (χ0n) is 13.4. The lowest BCUT2D eigenvalue weighted by Gasteiger charge is -2.21. The average Bonchev–Trinajstić information content (AvgIpc) is 2.66. The SMILES string of the molecule is Cc1nn(C)c(C)c1C(C)NC(C)Cc1ccc(F)cc1. The minimum absolute atomic E-state index is 0.186. The van der Waals surface area contributed by atoms with Gasteiger partial charge in [-0.3, -0.25) is 4.68 Å². The lowest BCUT2D eigenvalue weighted by Crippen LogP contribution is -2.31. The molecular weight excluding hydrogens is 265 g/mol. The minimum atomic E-state index is -0.186. The van der Waals surface area contributed by atoms with Crippen LogP contribution in [-0.2, 0) is 13.5 Å². The van der Waals surface area contributed by atoms with E-state index in [4.69, 9.17) is 0 Å². The van der Waals surface area contributed by atoms with Crippen LogP contribution in [0, 0.1) is 19.7 Å². The highest BCUT2D eigenvalue weighted by molar-refractivity contribution is 5.28. The third-order valence-electron chi connectivity index (χ3n) is 3.99. The van der Waals surface area contributed by atoms with E-state index < -0.39 is 0 Å². The Bertz CT molecular complexity index is 601. The summed E-state index contributed by atoms with van der Waals surface area (Å²) in [6.07, 6.45) is 0.878. The van der Waals surface area contributed by atoms with Gasteiger partial charge in [-0.15, -0.1) is 0 Å². The molecule has 0 aliphatic rings. The Hall–Kier alpha value is -1.68. The van der Waals surface area contributed by atoms with Crippen LogP contribution in [0.15, 0.2) is 24.3 Å². The molecule has 0 saturated heterocycles. The van der Waals surface area contributed by atoms with Gasteiger partial charge in [-0.25, -0.2) is 4.39 Å². The van der Waals surface area contributed by atoms with Crippen molar-refractivity contribution in [1.29, 1.82) is 0 Å². The maximum Gasteiger partial charge on any atom is 0.123 e. The molecule has 0 aliphatic heterocycles. The number of nitrogens with one attached hydrogen (secondary N) is 1.